The molecule has 0 saturated carbocycles. The number of carbonyl (C=O) groups excluding carboxylic acids is 1. The normalized spacial score (nSPS) is 10.5. The summed E-state index contributed by atoms with van der Waals surface area (Å²) in [5.74, 6) is -0.913. The number of aromatic nitrogens is 1. The van der Waals surface area contributed by atoms with Crippen LogP contribution in [0.5, 0.6) is 5.88 Å². The molecule has 0 saturated heterocycles. The Morgan fingerprint density at radius 3 is 2.59 bits per heavy atom. The average molecular weight is 246 g/mol. The zero-order valence-corrected chi connectivity index (χ0v) is 9.37. The van der Waals surface area contributed by atoms with Gasteiger partial charge in [-0.3, -0.25) is 0 Å². The van der Waals surface area contributed by atoms with Crippen molar-refractivity contribution in [2.75, 3.05) is 14.2 Å². The van der Waals surface area contributed by atoms with E-state index in [9.17, 15) is 13.6 Å². The Bertz CT molecular complexity index is 424. The number of carbonyl (C=O) groups is 1. The summed E-state index contributed by atoms with van der Waals surface area (Å²) in [5, 5.41) is 0. The van der Waals surface area contributed by atoms with Gasteiger partial charge in [-0.2, -0.15) is 0 Å². The number of rotatable bonds is 4. The van der Waals surface area contributed by atoms with Gasteiger partial charge >= 0.3 is 5.97 Å². The zero-order chi connectivity index (χ0) is 13.0. The summed E-state index contributed by atoms with van der Waals surface area (Å²) in [7, 11) is 2.40. The van der Waals surface area contributed by atoms with Gasteiger partial charge in [0.25, 0.3) is 6.43 Å². The molecule has 1 aromatic rings. The molecule has 0 fully saturated rings. The van der Waals surface area contributed by atoms with Gasteiger partial charge in [0.15, 0.2) is 5.69 Å². The van der Waals surface area contributed by atoms with Crippen molar-refractivity contribution in [3.8, 4) is 5.88 Å². The summed E-state index contributed by atoms with van der Waals surface area (Å²) < 4.78 is 34.9. The van der Waals surface area contributed by atoms with Gasteiger partial charge in [0, 0.05) is 12.6 Å². The Kier molecular flexibility index (Phi) is 4.33. The van der Waals surface area contributed by atoms with Crippen molar-refractivity contribution < 1.29 is 23.0 Å². The number of pyridine rings is 1. The van der Waals surface area contributed by atoms with Crippen molar-refractivity contribution in [2.24, 2.45) is 5.73 Å². The van der Waals surface area contributed by atoms with Crippen molar-refractivity contribution in [1.82, 2.24) is 4.98 Å². The van der Waals surface area contributed by atoms with Crippen molar-refractivity contribution in [2.45, 2.75) is 13.0 Å². The molecule has 17 heavy (non-hydrogen) atoms. The summed E-state index contributed by atoms with van der Waals surface area (Å²) in [4.78, 5) is 15.0. The summed E-state index contributed by atoms with van der Waals surface area (Å²) in [6.07, 6.45) is -2.86. The number of hydrogen-bond donors (Lipinski definition) is 1. The van der Waals surface area contributed by atoms with Gasteiger partial charge in [0.1, 0.15) is 0 Å². The maximum Gasteiger partial charge on any atom is 0.357 e. The fraction of sp³-hybridized carbons (Fsp3) is 0.400. The van der Waals surface area contributed by atoms with E-state index >= 15 is 0 Å². The molecule has 7 heteroatoms. The Hall–Kier alpha value is -1.76. The van der Waals surface area contributed by atoms with E-state index in [1.54, 1.807) is 0 Å². The SMILES string of the molecule is COC(=O)c1nc(OC)cc(CN)c1C(F)F. The van der Waals surface area contributed by atoms with Crippen molar-refractivity contribution in [3.63, 3.8) is 0 Å². The fourth-order valence-corrected chi connectivity index (χ4v) is 1.35. The van der Waals surface area contributed by atoms with E-state index in [0.29, 0.717) is 0 Å². The molecule has 0 bridgehead atoms. The average Bonchev–Trinajstić information content (AvgIpc) is 2.35. The van der Waals surface area contributed by atoms with Gasteiger partial charge in [-0.05, 0) is 5.56 Å². The highest BCUT2D eigenvalue weighted by Gasteiger charge is 2.25. The third-order valence-corrected chi connectivity index (χ3v) is 2.15. The number of hydrogen-bond acceptors (Lipinski definition) is 5. The van der Waals surface area contributed by atoms with Crippen LogP contribution in [0, 0.1) is 0 Å². The molecule has 0 unspecified atom stereocenters. The van der Waals surface area contributed by atoms with Crippen LogP contribution in [-0.2, 0) is 11.3 Å². The van der Waals surface area contributed by atoms with E-state index in [1.807, 2.05) is 0 Å². The first-order valence-electron chi connectivity index (χ1n) is 4.69. The second-order valence-corrected chi connectivity index (χ2v) is 3.08. The van der Waals surface area contributed by atoms with E-state index in [4.69, 9.17) is 10.5 Å². The Labute approximate surface area is 96.5 Å². The maximum absolute atomic E-state index is 12.9. The molecule has 0 radical (unpaired) electrons. The number of halogens is 2. The van der Waals surface area contributed by atoms with Gasteiger partial charge < -0.3 is 15.2 Å². The van der Waals surface area contributed by atoms with Gasteiger partial charge in [-0.1, -0.05) is 0 Å². The molecule has 0 spiro atoms. The fourth-order valence-electron chi connectivity index (χ4n) is 1.35. The number of alkyl halides is 2. The van der Waals surface area contributed by atoms with Gasteiger partial charge in [0.05, 0.1) is 19.8 Å². The molecule has 1 rings (SSSR count). The summed E-state index contributed by atoms with van der Waals surface area (Å²) in [6, 6.07) is 1.27. The summed E-state index contributed by atoms with van der Waals surface area (Å²) in [6.45, 7) is -0.150. The van der Waals surface area contributed by atoms with Crippen LogP contribution in [0.4, 0.5) is 8.78 Å². The highest BCUT2D eigenvalue weighted by atomic mass is 19.3. The molecule has 1 heterocycles. The van der Waals surface area contributed by atoms with Crippen LogP contribution < -0.4 is 10.5 Å². The number of esters is 1. The molecule has 2 N–H and O–H groups in total. The minimum absolute atomic E-state index is 0.0373. The standard InChI is InChI=1S/C10H12F2N2O3/c1-16-6-3-5(4-13)7(9(11)12)8(14-6)10(15)17-2/h3,9H,4,13H2,1-2H3. The molecule has 0 aromatic carbocycles. The summed E-state index contributed by atoms with van der Waals surface area (Å²) in [5.41, 5.74) is 4.47. The van der Waals surface area contributed by atoms with Crippen molar-refractivity contribution in [3.05, 3.63) is 22.9 Å². The molecule has 0 atom stereocenters. The number of nitrogens with zero attached hydrogens (tertiary/aromatic N) is 1. The largest absolute Gasteiger partial charge is 0.481 e. The van der Waals surface area contributed by atoms with Crippen LogP contribution in [0.1, 0.15) is 28.0 Å². The number of methoxy groups -OCH3 is 2. The van der Waals surface area contributed by atoms with E-state index in [2.05, 4.69) is 9.72 Å². The van der Waals surface area contributed by atoms with E-state index in [-0.39, 0.29) is 18.0 Å². The molecule has 0 aliphatic heterocycles. The predicted octanol–water partition coefficient (Wildman–Crippen LogP) is 1.27. The lowest BCUT2D eigenvalue weighted by Crippen LogP contribution is -2.14. The molecule has 0 aliphatic carbocycles. The van der Waals surface area contributed by atoms with E-state index < -0.39 is 23.7 Å². The third kappa shape index (κ3) is 2.68. The van der Waals surface area contributed by atoms with Crippen LogP contribution >= 0.6 is 0 Å². The minimum atomic E-state index is -2.86. The minimum Gasteiger partial charge on any atom is -0.481 e. The zero-order valence-electron chi connectivity index (χ0n) is 9.37. The first-order chi connectivity index (χ1) is 8.04. The van der Waals surface area contributed by atoms with Crippen LogP contribution in [0.25, 0.3) is 0 Å². The molecule has 0 amide bonds. The Balaban J connectivity index is 3.46. The van der Waals surface area contributed by atoms with Crippen LogP contribution in [0.2, 0.25) is 0 Å². The van der Waals surface area contributed by atoms with Crippen LogP contribution in [0.15, 0.2) is 6.07 Å². The van der Waals surface area contributed by atoms with E-state index in [0.717, 1.165) is 7.11 Å². The summed E-state index contributed by atoms with van der Waals surface area (Å²) >= 11 is 0. The molecule has 1 aromatic heterocycles. The molecule has 0 aliphatic rings. The Morgan fingerprint density at radius 2 is 2.18 bits per heavy atom. The van der Waals surface area contributed by atoms with Crippen molar-refractivity contribution >= 4 is 5.97 Å². The molecule has 94 valence electrons. The van der Waals surface area contributed by atoms with Gasteiger partial charge in [-0.15, -0.1) is 0 Å². The topological polar surface area (TPSA) is 74.4 Å². The van der Waals surface area contributed by atoms with Crippen LogP contribution in [-0.4, -0.2) is 25.2 Å². The molecular weight excluding hydrogens is 234 g/mol. The third-order valence-electron chi connectivity index (χ3n) is 2.15. The van der Waals surface area contributed by atoms with Gasteiger partial charge in [0.2, 0.25) is 5.88 Å². The highest BCUT2D eigenvalue weighted by molar-refractivity contribution is 5.89. The molecule has 5 nitrogen and oxygen atoms in total. The second kappa shape index (κ2) is 5.53. The van der Waals surface area contributed by atoms with Crippen molar-refractivity contribution in [1.29, 1.82) is 0 Å². The second-order valence-electron chi connectivity index (χ2n) is 3.08. The molecular formula is C10H12F2N2O3. The van der Waals surface area contributed by atoms with Crippen LogP contribution in [0.3, 0.4) is 0 Å². The first-order valence-corrected chi connectivity index (χ1v) is 4.69. The van der Waals surface area contributed by atoms with E-state index in [1.165, 1.54) is 13.2 Å². The number of nitrogens with two attached hydrogens (primary N) is 1. The predicted molar refractivity (Wildman–Crippen MR) is 55.0 cm³/mol. The monoisotopic (exact) mass is 246 g/mol. The smallest absolute Gasteiger partial charge is 0.357 e. The first kappa shape index (κ1) is 13.3. The van der Waals surface area contributed by atoms with Gasteiger partial charge in [-0.25, -0.2) is 18.6 Å². The number of ether oxygens (including phenoxy) is 2. The highest BCUT2D eigenvalue weighted by Crippen LogP contribution is 2.28. The quantitative estimate of drug-likeness (QED) is 0.810. The maximum atomic E-state index is 12.9. The lowest BCUT2D eigenvalue weighted by Gasteiger charge is -2.12. The lowest BCUT2D eigenvalue weighted by atomic mass is 10.1. The lowest BCUT2D eigenvalue weighted by molar-refractivity contribution is 0.0580. The Morgan fingerprint density at radius 1 is 1.53 bits per heavy atom.